The van der Waals surface area contributed by atoms with Crippen molar-refractivity contribution in [3.8, 4) is 0 Å². The molecule has 0 radical (unpaired) electrons. The van der Waals surface area contributed by atoms with Crippen LogP contribution in [0.15, 0.2) is 24.5 Å². The average molecular weight is 204 g/mol. The van der Waals surface area contributed by atoms with Gasteiger partial charge in [0, 0.05) is 25.0 Å². The Balaban J connectivity index is 2.08. The number of hydrogen-bond donors (Lipinski definition) is 0. The fourth-order valence-electron chi connectivity index (χ4n) is 2.46. The normalized spacial score (nSPS) is 22.5. The topological polar surface area (TPSA) is 16.1 Å². The zero-order chi connectivity index (χ0) is 10.7. The van der Waals surface area contributed by atoms with Crippen LogP contribution < -0.4 is 0 Å². The average Bonchev–Trinajstić information content (AvgIpc) is 2.66. The highest BCUT2D eigenvalue weighted by Crippen LogP contribution is 2.31. The van der Waals surface area contributed by atoms with Crippen LogP contribution in [0.4, 0.5) is 0 Å². The molecule has 2 heterocycles. The lowest BCUT2D eigenvalue weighted by molar-refractivity contribution is 0.228. The molecule has 1 saturated heterocycles. The summed E-state index contributed by atoms with van der Waals surface area (Å²) in [6.07, 6.45) is 6.49. The molecule has 0 saturated carbocycles. The molecule has 0 N–H and O–H groups in total. The summed E-state index contributed by atoms with van der Waals surface area (Å²) in [4.78, 5) is 6.82. The van der Waals surface area contributed by atoms with Crippen molar-refractivity contribution in [3.05, 3.63) is 30.1 Å². The minimum Gasteiger partial charge on any atom is -0.296 e. The second-order valence-corrected chi connectivity index (χ2v) is 4.83. The van der Waals surface area contributed by atoms with Gasteiger partial charge in [0.25, 0.3) is 0 Å². The molecule has 2 rings (SSSR count). The van der Waals surface area contributed by atoms with E-state index in [4.69, 9.17) is 0 Å². The van der Waals surface area contributed by atoms with Gasteiger partial charge in [-0.2, -0.15) is 0 Å². The molecule has 1 aliphatic rings. The second-order valence-electron chi connectivity index (χ2n) is 4.83. The van der Waals surface area contributed by atoms with E-state index in [1.807, 2.05) is 18.5 Å². The molecule has 1 aromatic rings. The molecule has 1 fully saturated rings. The van der Waals surface area contributed by atoms with Gasteiger partial charge in [0.1, 0.15) is 0 Å². The van der Waals surface area contributed by atoms with E-state index in [0.717, 1.165) is 5.92 Å². The smallest absolute Gasteiger partial charge is 0.0363 e. The van der Waals surface area contributed by atoms with Gasteiger partial charge in [-0.1, -0.05) is 19.9 Å². The molecule has 0 bridgehead atoms. The van der Waals surface area contributed by atoms with E-state index in [1.165, 1.54) is 31.5 Å². The monoisotopic (exact) mass is 204 g/mol. The van der Waals surface area contributed by atoms with Gasteiger partial charge in [0.15, 0.2) is 0 Å². The number of rotatable bonds is 3. The van der Waals surface area contributed by atoms with Crippen LogP contribution in [0.2, 0.25) is 0 Å². The van der Waals surface area contributed by atoms with Gasteiger partial charge in [-0.25, -0.2) is 0 Å². The van der Waals surface area contributed by atoms with Crippen molar-refractivity contribution >= 4 is 0 Å². The Morgan fingerprint density at radius 2 is 2.40 bits per heavy atom. The first kappa shape index (κ1) is 10.6. The van der Waals surface area contributed by atoms with Crippen molar-refractivity contribution < 1.29 is 0 Å². The molecule has 82 valence electrons. The first-order valence-electron chi connectivity index (χ1n) is 5.91. The summed E-state index contributed by atoms with van der Waals surface area (Å²) in [5.74, 6) is 0.752. The third kappa shape index (κ3) is 2.57. The summed E-state index contributed by atoms with van der Waals surface area (Å²) in [5.41, 5.74) is 1.38. The Hall–Kier alpha value is -0.890. The maximum Gasteiger partial charge on any atom is 0.0363 e. The minimum absolute atomic E-state index is 0.612. The van der Waals surface area contributed by atoms with Crippen LogP contribution in [-0.2, 0) is 0 Å². The van der Waals surface area contributed by atoms with E-state index in [2.05, 4.69) is 29.8 Å². The third-order valence-corrected chi connectivity index (χ3v) is 3.03. The standard InChI is InChI=1S/C13H20N2/c1-11(2)10-15-8-4-6-13(15)12-5-3-7-14-9-12/h3,5,7,9,11,13H,4,6,8,10H2,1-2H3. The predicted octanol–water partition coefficient (Wildman–Crippen LogP) is 2.87. The second kappa shape index (κ2) is 4.75. The summed E-state index contributed by atoms with van der Waals surface area (Å²) < 4.78 is 0. The molecule has 0 spiro atoms. The van der Waals surface area contributed by atoms with Gasteiger partial charge in [-0.3, -0.25) is 9.88 Å². The van der Waals surface area contributed by atoms with Gasteiger partial charge in [0.05, 0.1) is 0 Å². The van der Waals surface area contributed by atoms with Crippen molar-refractivity contribution in [2.45, 2.75) is 32.7 Å². The van der Waals surface area contributed by atoms with Crippen LogP contribution in [0, 0.1) is 5.92 Å². The van der Waals surface area contributed by atoms with E-state index in [0.29, 0.717) is 6.04 Å². The fourth-order valence-corrected chi connectivity index (χ4v) is 2.46. The lowest BCUT2D eigenvalue weighted by Gasteiger charge is -2.26. The van der Waals surface area contributed by atoms with E-state index in [9.17, 15) is 0 Å². The summed E-state index contributed by atoms with van der Waals surface area (Å²) in [6.45, 7) is 7.04. The number of pyridine rings is 1. The first-order chi connectivity index (χ1) is 7.27. The number of nitrogens with zero attached hydrogens (tertiary/aromatic N) is 2. The van der Waals surface area contributed by atoms with Crippen LogP contribution in [0.3, 0.4) is 0 Å². The zero-order valence-electron chi connectivity index (χ0n) is 9.69. The Labute approximate surface area is 92.3 Å². The van der Waals surface area contributed by atoms with Crippen LogP contribution in [0.25, 0.3) is 0 Å². The molecule has 1 aliphatic heterocycles. The highest BCUT2D eigenvalue weighted by molar-refractivity contribution is 5.15. The van der Waals surface area contributed by atoms with Crippen LogP contribution in [0.1, 0.15) is 38.3 Å². The molecule has 0 amide bonds. The molecule has 1 unspecified atom stereocenters. The lowest BCUT2D eigenvalue weighted by Crippen LogP contribution is -2.27. The molecule has 0 aromatic carbocycles. The fraction of sp³-hybridized carbons (Fsp3) is 0.615. The van der Waals surface area contributed by atoms with Crippen LogP contribution in [-0.4, -0.2) is 23.0 Å². The number of hydrogen-bond acceptors (Lipinski definition) is 2. The van der Waals surface area contributed by atoms with Gasteiger partial charge in [0.2, 0.25) is 0 Å². The van der Waals surface area contributed by atoms with E-state index in [1.54, 1.807) is 0 Å². The molecule has 15 heavy (non-hydrogen) atoms. The third-order valence-electron chi connectivity index (χ3n) is 3.03. The summed E-state index contributed by atoms with van der Waals surface area (Å²) in [5, 5.41) is 0. The molecule has 1 atom stereocenters. The summed E-state index contributed by atoms with van der Waals surface area (Å²) in [7, 11) is 0. The van der Waals surface area contributed by atoms with Crippen molar-refractivity contribution in [1.29, 1.82) is 0 Å². The number of likely N-dealkylation sites (tertiary alicyclic amines) is 1. The zero-order valence-corrected chi connectivity index (χ0v) is 9.69. The van der Waals surface area contributed by atoms with E-state index in [-0.39, 0.29) is 0 Å². The molecule has 2 heteroatoms. The molecular weight excluding hydrogens is 184 g/mol. The molecule has 2 nitrogen and oxygen atoms in total. The van der Waals surface area contributed by atoms with E-state index >= 15 is 0 Å². The minimum atomic E-state index is 0.612. The largest absolute Gasteiger partial charge is 0.296 e. The number of aromatic nitrogens is 1. The Kier molecular flexibility index (Phi) is 3.37. The maximum absolute atomic E-state index is 4.22. The maximum atomic E-state index is 4.22. The van der Waals surface area contributed by atoms with Crippen molar-refractivity contribution in [1.82, 2.24) is 9.88 Å². The highest BCUT2D eigenvalue weighted by atomic mass is 15.2. The quantitative estimate of drug-likeness (QED) is 0.752. The van der Waals surface area contributed by atoms with Crippen LogP contribution in [0.5, 0.6) is 0 Å². The predicted molar refractivity (Wildman–Crippen MR) is 62.6 cm³/mol. The summed E-state index contributed by atoms with van der Waals surface area (Å²) >= 11 is 0. The highest BCUT2D eigenvalue weighted by Gasteiger charge is 2.25. The Bertz CT molecular complexity index is 295. The van der Waals surface area contributed by atoms with Crippen molar-refractivity contribution in [2.24, 2.45) is 5.92 Å². The molecule has 1 aromatic heterocycles. The van der Waals surface area contributed by atoms with Crippen molar-refractivity contribution in [2.75, 3.05) is 13.1 Å². The molecule has 0 aliphatic carbocycles. The SMILES string of the molecule is CC(C)CN1CCCC1c1cccnc1. The van der Waals surface area contributed by atoms with Gasteiger partial charge in [-0.15, -0.1) is 0 Å². The van der Waals surface area contributed by atoms with Gasteiger partial charge < -0.3 is 0 Å². The van der Waals surface area contributed by atoms with Crippen LogP contribution >= 0.6 is 0 Å². The Morgan fingerprint density at radius 3 is 3.07 bits per heavy atom. The molecular formula is C13H20N2. The summed E-state index contributed by atoms with van der Waals surface area (Å²) in [6, 6.07) is 4.86. The van der Waals surface area contributed by atoms with Crippen molar-refractivity contribution in [3.63, 3.8) is 0 Å². The Morgan fingerprint density at radius 1 is 1.53 bits per heavy atom. The van der Waals surface area contributed by atoms with Gasteiger partial charge >= 0.3 is 0 Å². The van der Waals surface area contributed by atoms with Gasteiger partial charge in [-0.05, 0) is 36.9 Å². The van der Waals surface area contributed by atoms with E-state index < -0.39 is 0 Å². The lowest BCUT2D eigenvalue weighted by atomic mass is 10.1. The first-order valence-corrected chi connectivity index (χ1v) is 5.91.